The van der Waals surface area contributed by atoms with Crippen molar-refractivity contribution in [1.29, 1.82) is 0 Å². The Morgan fingerprint density at radius 1 is 1.00 bits per heavy atom. The molecular weight excluding hydrogens is 360 g/mol. The van der Waals surface area contributed by atoms with Crippen LogP contribution in [-0.2, 0) is 4.79 Å². The molecule has 0 spiro atoms. The molecule has 2 aliphatic rings. The second-order valence-electron chi connectivity index (χ2n) is 8.30. The lowest BCUT2D eigenvalue weighted by Gasteiger charge is -2.32. The smallest absolute Gasteiger partial charge is 0.225 e. The molecule has 4 heteroatoms. The molecule has 1 saturated heterocycles. The Hall–Kier alpha value is -2.88. The summed E-state index contributed by atoms with van der Waals surface area (Å²) in [7, 11) is 0. The molecule has 29 heavy (non-hydrogen) atoms. The number of aryl methyl sites for hydroxylation is 1. The molecule has 2 heterocycles. The maximum Gasteiger partial charge on any atom is 0.225 e. The van der Waals surface area contributed by atoms with Gasteiger partial charge in [0.2, 0.25) is 5.91 Å². The number of benzene rings is 2. The molecule has 0 N–H and O–H groups in total. The first-order valence-corrected chi connectivity index (χ1v) is 10.6. The normalized spacial score (nSPS) is 17.5. The summed E-state index contributed by atoms with van der Waals surface area (Å²) in [4.78, 5) is 18.7. The van der Waals surface area contributed by atoms with Crippen LogP contribution < -0.4 is 4.74 Å². The number of aromatic nitrogens is 1. The zero-order valence-electron chi connectivity index (χ0n) is 16.8. The van der Waals surface area contributed by atoms with Gasteiger partial charge in [-0.15, -0.1) is 0 Å². The van der Waals surface area contributed by atoms with Gasteiger partial charge in [0.25, 0.3) is 0 Å². The van der Waals surface area contributed by atoms with E-state index >= 15 is 0 Å². The summed E-state index contributed by atoms with van der Waals surface area (Å²) in [6, 6.07) is 16.8. The van der Waals surface area contributed by atoms with Crippen molar-refractivity contribution < 1.29 is 9.53 Å². The lowest BCUT2D eigenvalue weighted by Crippen LogP contribution is -2.42. The molecule has 0 radical (unpaired) electrons. The van der Waals surface area contributed by atoms with Gasteiger partial charge in [-0.25, -0.2) is 0 Å². The number of likely N-dealkylation sites (tertiary alicyclic amines) is 1. The zero-order chi connectivity index (χ0) is 19.8. The lowest BCUT2D eigenvalue weighted by molar-refractivity contribution is -0.134. The van der Waals surface area contributed by atoms with Crippen molar-refractivity contribution in [2.24, 2.45) is 5.92 Å². The Balaban J connectivity index is 1.24. The molecule has 1 aliphatic carbocycles. The Kier molecular flexibility index (Phi) is 4.70. The zero-order valence-corrected chi connectivity index (χ0v) is 16.8. The highest BCUT2D eigenvalue weighted by atomic mass is 16.5. The quantitative estimate of drug-likeness (QED) is 0.634. The minimum absolute atomic E-state index is 0.191. The topological polar surface area (TPSA) is 42.4 Å². The first kappa shape index (κ1) is 18.2. The van der Waals surface area contributed by atoms with Crippen LogP contribution in [0.15, 0.2) is 54.7 Å². The molecule has 1 aromatic heterocycles. The van der Waals surface area contributed by atoms with E-state index in [2.05, 4.69) is 54.4 Å². The van der Waals surface area contributed by atoms with E-state index in [1.807, 2.05) is 17.2 Å². The van der Waals surface area contributed by atoms with E-state index in [4.69, 9.17) is 4.74 Å². The average Bonchev–Trinajstić information content (AvgIpc) is 3.60. The van der Waals surface area contributed by atoms with Crippen LogP contribution in [0.1, 0.15) is 31.2 Å². The van der Waals surface area contributed by atoms with Crippen LogP contribution >= 0.6 is 0 Å². The Labute approximate surface area is 171 Å². The van der Waals surface area contributed by atoms with E-state index in [-0.39, 0.29) is 6.10 Å². The van der Waals surface area contributed by atoms with Gasteiger partial charge >= 0.3 is 0 Å². The van der Waals surface area contributed by atoms with Crippen molar-refractivity contribution >= 4 is 16.8 Å². The van der Waals surface area contributed by atoms with E-state index < -0.39 is 0 Å². The molecule has 148 valence electrons. The predicted octanol–water partition coefficient (Wildman–Crippen LogP) is 4.99. The van der Waals surface area contributed by atoms with E-state index in [9.17, 15) is 4.79 Å². The molecule has 2 aromatic carbocycles. The SMILES string of the molecule is Cc1cc(-c2ccc(OC3CCN(C(=O)C4CC4)CC3)cc2)cc2ncccc12. The Morgan fingerprint density at radius 2 is 1.76 bits per heavy atom. The van der Waals surface area contributed by atoms with E-state index in [0.29, 0.717) is 11.8 Å². The highest BCUT2D eigenvalue weighted by Crippen LogP contribution is 2.32. The van der Waals surface area contributed by atoms with Crippen molar-refractivity contribution in [3.8, 4) is 16.9 Å². The fourth-order valence-corrected chi connectivity index (χ4v) is 4.23. The number of ether oxygens (including phenoxy) is 1. The summed E-state index contributed by atoms with van der Waals surface area (Å²) in [6.07, 6.45) is 6.01. The number of rotatable bonds is 4. The van der Waals surface area contributed by atoms with Crippen molar-refractivity contribution in [3.05, 3.63) is 60.3 Å². The van der Waals surface area contributed by atoms with Crippen molar-refractivity contribution in [3.63, 3.8) is 0 Å². The maximum absolute atomic E-state index is 12.2. The van der Waals surface area contributed by atoms with Gasteiger partial charge in [0.05, 0.1) is 5.52 Å². The Bertz CT molecular complexity index is 1030. The Morgan fingerprint density at radius 3 is 2.48 bits per heavy atom. The fraction of sp³-hybridized carbons (Fsp3) is 0.360. The van der Waals surface area contributed by atoms with Gasteiger partial charge < -0.3 is 9.64 Å². The van der Waals surface area contributed by atoms with Crippen molar-refractivity contribution in [2.75, 3.05) is 13.1 Å². The fourth-order valence-electron chi connectivity index (χ4n) is 4.23. The van der Waals surface area contributed by atoms with Gasteiger partial charge in [-0.3, -0.25) is 9.78 Å². The second-order valence-corrected chi connectivity index (χ2v) is 8.30. The average molecular weight is 386 g/mol. The number of fused-ring (bicyclic) bond motifs is 1. The number of pyridine rings is 1. The van der Waals surface area contributed by atoms with Crippen LogP contribution in [0.4, 0.5) is 0 Å². The monoisotopic (exact) mass is 386 g/mol. The molecule has 0 unspecified atom stereocenters. The van der Waals surface area contributed by atoms with Crippen molar-refractivity contribution in [2.45, 2.75) is 38.7 Å². The second kappa shape index (κ2) is 7.51. The predicted molar refractivity (Wildman–Crippen MR) is 115 cm³/mol. The summed E-state index contributed by atoms with van der Waals surface area (Å²) in [5.74, 6) is 1.57. The van der Waals surface area contributed by atoms with Crippen molar-refractivity contribution in [1.82, 2.24) is 9.88 Å². The molecule has 3 aromatic rings. The first-order chi connectivity index (χ1) is 14.2. The molecule has 0 atom stereocenters. The molecule has 2 fully saturated rings. The molecular formula is C25H26N2O2. The van der Waals surface area contributed by atoms with Gasteiger partial charge in [0.1, 0.15) is 11.9 Å². The highest BCUT2D eigenvalue weighted by Gasteiger charge is 2.35. The molecule has 1 aliphatic heterocycles. The lowest BCUT2D eigenvalue weighted by atomic mass is 10.00. The number of carbonyl (C=O) groups excluding carboxylic acids is 1. The van der Waals surface area contributed by atoms with Crippen LogP contribution in [0.2, 0.25) is 0 Å². The van der Waals surface area contributed by atoms with Gasteiger partial charge in [0, 0.05) is 43.4 Å². The molecule has 1 amide bonds. The molecule has 0 bridgehead atoms. The number of piperidine rings is 1. The third-order valence-electron chi connectivity index (χ3n) is 6.10. The molecule has 1 saturated carbocycles. The van der Waals surface area contributed by atoms with E-state index in [1.54, 1.807) is 0 Å². The van der Waals surface area contributed by atoms with Crippen LogP contribution in [0.5, 0.6) is 5.75 Å². The molecule has 5 rings (SSSR count). The van der Waals surface area contributed by atoms with Gasteiger partial charge in [-0.1, -0.05) is 24.3 Å². The number of carbonyl (C=O) groups is 1. The summed E-state index contributed by atoms with van der Waals surface area (Å²) in [6.45, 7) is 3.77. The van der Waals surface area contributed by atoms with Crippen LogP contribution in [0.25, 0.3) is 22.0 Å². The van der Waals surface area contributed by atoms with Crippen LogP contribution in [0.3, 0.4) is 0 Å². The highest BCUT2D eigenvalue weighted by molar-refractivity contribution is 5.87. The number of nitrogens with zero attached hydrogens (tertiary/aromatic N) is 2. The standard InChI is InChI=1S/C25H26N2O2/c1-17-15-20(16-24-23(17)3-2-12-26-24)18-6-8-21(9-7-18)29-22-10-13-27(14-11-22)25(28)19-4-5-19/h2-3,6-9,12,15-16,19,22H,4-5,10-11,13-14H2,1H3. The minimum Gasteiger partial charge on any atom is -0.490 e. The summed E-state index contributed by atoms with van der Waals surface area (Å²) in [5, 5.41) is 1.20. The van der Waals surface area contributed by atoms with Gasteiger partial charge in [-0.05, 0) is 60.7 Å². The van der Waals surface area contributed by atoms with E-state index in [0.717, 1.165) is 55.6 Å². The largest absolute Gasteiger partial charge is 0.490 e. The van der Waals surface area contributed by atoms with Gasteiger partial charge in [0.15, 0.2) is 0 Å². The first-order valence-electron chi connectivity index (χ1n) is 10.6. The van der Waals surface area contributed by atoms with Gasteiger partial charge in [-0.2, -0.15) is 0 Å². The number of hydrogen-bond donors (Lipinski definition) is 0. The maximum atomic E-state index is 12.2. The van der Waals surface area contributed by atoms with Crippen LogP contribution in [-0.4, -0.2) is 35.0 Å². The third-order valence-corrected chi connectivity index (χ3v) is 6.10. The number of hydrogen-bond acceptors (Lipinski definition) is 3. The summed E-state index contributed by atoms with van der Waals surface area (Å²) in [5.41, 5.74) is 4.60. The third kappa shape index (κ3) is 3.84. The van der Waals surface area contributed by atoms with Crippen LogP contribution in [0, 0.1) is 12.8 Å². The van der Waals surface area contributed by atoms with E-state index in [1.165, 1.54) is 16.5 Å². The minimum atomic E-state index is 0.191. The summed E-state index contributed by atoms with van der Waals surface area (Å²) >= 11 is 0. The molecule has 4 nitrogen and oxygen atoms in total. The number of amides is 1. The summed E-state index contributed by atoms with van der Waals surface area (Å²) < 4.78 is 6.19.